The van der Waals surface area contributed by atoms with Crippen molar-refractivity contribution in [2.24, 2.45) is 0 Å². The number of benzene rings is 1. The molecule has 0 amide bonds. The predicted molar refractivity (Wildman–Crippen MR) is 76.0 cm³/mol. The first-order valence-corrected chi connectivity index (χ1v) is 8.60. The zero-order valence-corrected chi connectivity index (χ0v) is 12.5. The van der Waals surface area contributed by atoms with Gasteiger partial charge in [0.25, 0.3) is 0 Å². The molecule has 1 aromatic carbocycles. The van der Waals surface area contributed by atoms with Crippen LogP contribution in [0.2, 0.25) is 5.02 Å². The number of hydrogen-bond acceptors (Lipinski definition) is 4. The molecule has 20 heavy (non-hydrogen) atoms. The summed E-state index contributed by atoms with van der Waals surface area (Å²) < 4.78 is 36.8. The van der Waals surface area contributed by atoms with Crippen molar-refractivity contribution in [2.45, 2.75) is 19.0 Å². The number of nitrogens with zero attached hydrogens (tertiary/aromatic N) is 1. The lowest BCUT2D eigenvalue weighted by molar-refractivity contribution is 0.152. The van der Waals surface area contributed by atoms with Crippen molar-refractivity contribution in [3.8, 4) is 0 Å². The highest BCUT2D eigenvalue weighted by Gasteiger charge is 2.32. The normalized spacial score (nSPS) is 21.5. The summed E-state index contributed by atoms with van der Waals surface area (Å²) in [6.07, 6.45) is 0.518. The average molecular weight is 322 g/mol. The molecule has 7 heteroatoms. The van der Waals surface area contributed by atoms with Crippen LogP contribution in [0.5, 0.6) is 0 Å². The van der Waals surface area contributed by atoms with Gasteiger partial charge >= 0.3 is 0 Å². The largest absolute Gasteiger partial charge is 0.395 e. The molecule has 1 saturated heterocycles. The third-order valence-electron chi connectivity index (χ3n) is 3.49. The van der Waals surface area contributed by atoms with Gasteiger partial charge in [-0.15, -0.1) is 0 Å². The second kappa shape index (κ2) is 6.39. The van der Waals surface area contributed by atoms with E-state index in [9.17, 15) is 12.8 Å². The highest BCUT2D eigenvalue weighted by atomic mass is 35.5. The van der Waals surface area contributed by atoms with Gasteiger partial charge in [0.15, 0.2) is 9.84 Å². The van der Waals surface area contributed by atoms with E-state index in [0.29, 0.717) is 23.6 Å². The van der Waals surface area contributed by atoms with Crippen molar-refractivity contribution in [1.29, 1.82) is 0 Å². The van der Waals surface area contributed by atoms with Gasteiger partial charge in [0.1, 0.15) is 5.82 Å². The Hall–Kier alpha value is -0.690. The molecule has 1 aliphatic rings. The van der Waals surface area contributed by atoms with E-state index in [1.165, 1.54) is 18.2 Å². The first-order valence-electron chi connectivity index (χ1n) is 6.40. The van der Waals surface area contributed by atoms with Crippen molar-refractivity contribution < 1.29 is 17.9 Å². The van der Waals surface area contributed by atoms with E-state index >= 15 is 0 Å². The molecule has 0 saturated carbocycles. The van der Waals surface area contributed by atoms with Crippen LogP contribution in [0.1, 0.15) is 12.0 Å². The number of hydrogen-bond donors (Lipinski definition) is 1. The molecule has 4 nitrogen and oxygen atoms in total. The highest BCUT2D eigenvalue weighted by molar-refractivity contribution is 7.91. The predicted octanol–water partition coefficient (Wildman–Crippen LogP) is 1.46. The van der Waals surface area contributed by atoms with Gasteiger partial charge < -0.3 is 5.11 Å². The second-order valence-corrected chi connectivity index (χ2v) is 7.65. The van der Waals surface area contributed by atoms with Crippen LogP contribution in [-0.4, -0.2) is 49.1 Å². The minimum absolute atomic E-state index is 0.0647. The highest BCUT2D eigenvalue weighted by Crippen LogP contribution is 2.22. The molecule has 0 spiro atoms. The third kappa shape index (κ3) is 3.91. The third-order valence-corrected chi connectivity index (χ3v) is 5.48. The van der Waals surface area contributed by atoms with Crippen LogP contribution in [0.25, 0.3) is 0 Å². The quantitative estimate of drug-likeness (QED) is 0.892. The number of sulfone groups is 1. The Labute approximate surface area is 123 Å². The summed E-state index contributed by atoms with van der Waals surface area (Å²) in [5.41, 5.74) is 0.412. The molecule has 1 heterocycles. The van der Waals surface area contributed by atoms with Crippen LogP contribution in [0, 0.1) is 5.82 Å². The van der Waals surface area contributed by atoms with Gasteiger partial charge in [-0.05, 0) is 24.6 Å². The lowest BCUT2D eigenvalue weighted by Crippen LogP contribution is -2.38. The number of halogens is 2. The fraction of sp³-hybridized carbons (Fsp3) is 0.538. The van der Waals surface area contributed by atoms with Gasteiger partial charge in [-0.1, -0.05) is 11.6 Å². The Morgan fingerprint density at radius 1 is 1.45 bits per heavy atom. The summed E-state index contributed by atoms with van der Waals surface area (Å²) in [5.74, 6) is -0.162. The van der Waals surface area contributed by atoms with Crippen LogP contribution in [0.4, 0.5) is 4.39 Å². The van der Waals surface area contributed by atoms with Crippen molar-refractivity contribution in [3.63, 3.8) is 0 Å². The van der Waals surface area contributed by atoms with Gasteiger partial charge in [-0.2, -0.15) is 0 Å². The summed E-state index contributed by atoms with van der Waals surface area (Å²) in [5, 5.41) is 9.55. The molecular formula is C13H17ClFNO3S. The smallest absolute Gasteiger partial charge is 0.151 e. The van der Waals surface area contributed by atoms with E-state index < -0.39 is 9.84 Å². The monoisotopic (exact) mass is 321 g/mol. The fourth-order valence-corrected chi connectivity index (χ4v) is 4.42. The lowest BCUT2D eigenvalue weighted by atomic mass is 10.1. The molecule has 112 valence electrons. The Morgan fingerprint density at radius 3 is 2.80 bits per heavy atom. The Balaban J connectivity index is 2.15. The summed E-state index contributed by atoms with van der Waals surface area (Å²) in [6, 6.07) is 4.12. The molecule has 1 aliphatic heterocycles. The summed E-state index contributed by atoms with van der Waals surface area (Å²) >= 11 is 5.85. The van der Waals surface area contributed by atoms with Crippen LogP contribution >= 0.6 is 11.6 Å². The fourth-order valence-electron chi connectivity index (χ4n) is 2.47. The summed E-state index contributed by atoms with van der Waals surface area (Å²) in [7, 11) is -3.01. The molecule has 1 aromatic rings. The van der Waals surface area contributed by atoms with E-state index in [4.69, 9.17) is 16.7 Å². The van der Waals surface area contributed by atoms with Crippen LogP contribution in [0.3, 0.4) is 0 Å². The van der Waals surface area contributed by atoms with Crippen LogP contribution < -0.4 is 0 Å². The lowest BCUT2D eigenvalue weighted by Gasteiger charge is -2.27. The van der Waals surface area contributed by atoms with E-state index in [2.05, 4.69) is 0 Å². The summed E-state index contributed by atoms with van der Waals surface area (Å²) in [4.78, 5) is 1.80. The molecule has 0 bridgehead atoms. The zero-order valence-electron chi connectivity index (χ0n) is 10.9. The summed E-state index contributed by atoms with van der Waals surface area (Å²) in [6.45, 7) is 0.456. The number of rotatable bonds is 5. The molecule has 1 unspecified atom stereocenters. The maximum atomic E-state index is 13.7. The maximum Gasteiger partial charge on any atom is 0.151 e. The van der Waals surface area contributed by atoms with Gasteiger partial charge in [0.2, 0.25) is 0 Å². The van der Waals surface area contributed by atoms with Crippen molar-refractivity contribution in [2.75, 3.05) is 24.7 Å². The van der Waals surface area contributed by atoms with Crippen molar-refractivity contribution in [3.05, 3.63) is 34.6 Å². The minimum atomic E-state index is -3.01. The van der Waals surface area contributed by atoms with Gasteiger partial charge in [0.05, 0.1) is 18.1 Å². The topological polar surface area (TPSA) is 57.6 Å². The van der Waals surface area contributed by atoms with Crippen molar-refractivity contribution in [1.82, 2.24) is 4.90 Å². The molecule has 2 rings (SSSR count). The standard InChI is InChI=1S/C13H17ClFNO3S/c14-11-1-2-13(15)10(7-11)8-16(4-5-17)12-3-6-20(18,19)9-12/h1-2,7,12,17H,3-6,8-9H2. The molecule has 0 aliphatic carbocycles. The van der Waals surface area contributed by atoms with Gasteiger partial charge in [0, 0.05) is 29.7 Å². The first-order chi connectivity index (χ1) is 9.41. The van der Waals surface area contributed by atoms with E-state index in [1.54, 1.807) is 4.90 Å². The second-order valence-electron chi connectivity index (χ2n) is 4.99. The molecular weight excluding hydrogens is 305 g/mol. The Bertz CT molecular complexity index is 579. The maximum absolute atomic E-state index is 13.7. The molecule has 1 fully saturated rings. The molecule has 1 atom stereocenters. The molecule has 0 radical (unpaired) electrons. The first kappa shape index (κ1) is 15.7. The number of aliphatic hydroxyl groups excluding tert-OH is 1. The van der Waals surface area contributed by atoms with Crippen LogP contribution in [0.15, 0.2) is 18.2 Å². The van der Waals surface area contributed by atoms with Gasteiger partial charge in [-0.25, -0.2) is 12.8 Å². The molecule has 1 N–H and O–H groups in total. The van der Waals surface area contributed by atoms with Gasteiger partial charge in [-0.3, -0.25) is 4.90 Å². The Kier molecular flexibility index (Phi) is 5.01. The van der Waals surface area contributed by atoms with E-state index in [0.717, 1.165) is 0 Å². The van der Waals surface area contributed by atoms with E-state index in [1.807, 2.05) is 0 Å². The SMILES string of the molecule is O=S1(=O)CCC(N(CCO)Cc2cc(Cl)ccc2F)C1. The molecule has 0 aromatic heterocycles. The number of aliphatic hydroxyl groups is 1. The van der Waals surface area contributed by atoms with Crippen molar-refractivity contribution >= 4 is 21.4 Å². The average Bonchev–Trinajstić information content (AvgIpc) is 2.73. The minimum Gasteiger partial charge on any atom is -0.395 e. The van der Waals surface area contributed by atoms with E-state index in [-0.39, 0.29) is 36.5 Å². The zero-order chi connectivity index (χ0) is 14.8. The van der Waals surface area contributed by atoms with Crippen LogP contribution in [-0.2, 0) is 16.4 Å². The Morgan fingerprint density at radius 2 is 2.20 bits per heavy atom.